The summed E-state index contributed by atoms with van der Waals surface area (Å²) >= 11 is 1.64. The SMILES string of the molecule is CS(=O)(=O)OC/C=C/c1c(F)cc(-c2cccnc2SC2CCC2)cc1F. The zero-order chi connectivity index (χ0) is 19.4. The fourth-order valence-electron chi connectivity index (χ4n) is 2.58. The molecule has 144 valence electrons. The first-order valence-corrected chi connectivity index (χ1v) is 11.1. The highest BCUT2D eigenvalue weighted by Crippen LogP contribution is 2.40. The second kappa shape index (κ2) is 8.50. The lowest BCUT2D eigenvalue weighted by Crippen LogP contribution is -2.13. The quantitative estimate of drug-likeness (QED) is 0.620. The summed E-state index contributed by atoms with van der Waals surface area (Å²) in [4.78, 5) is 4.37. The van der Waals surface area contributed by atoms with Crippen molar-refractivity contribution in [3.05, 3.63) is 53.7 Å². The number of nitrogens with zero attached hydrogens (tertiary/aromatic N) is 1. The monoisotopic (exact) mass is 411 g/mol. The zero-order valence-electron chi connectivity index (χ0n) is 14.7. The fourth-order valence-corrected chi connectivity index (χ4v) is 4.22. The standard InChI is InChI=1S/C19H19F2NO3S2/c1-27(23,24)25-10-4-8-16-17(20)11-13(12-18(16)21)15-7-3-9-22-19(15)26-14-5-2-6-14/h3-4,7-9,11-12,14H,2,5-6,10H2,1H3/b8-4+. The fraction of sp³-hybridized carbons (Fsp3) is 0.316. The smallest absolute Gasteiger partial charge is 0.264 e. The van der Waals surface area contributed by atoms with Crippen LogP contribution < -0.4 is 0 Å². The topological polar surface area (TPSA) is 56.3 Å². The van der Waals surface area contributed by atoms with Crippen molar-refractivity contribution in [2.24, 2.45) is 0 Å². The van der Waals surface area contributed by atoms with Gasteiger partial charge in [0.1, 0.15) is 16.7 Å². The molecule has 4 nitrogen and oxygen atoms in total. The highest BCUT2D eigenvalue weighted by molar-refractivity contribution is 8.00. The maximum absolute atomic E-state index is 14.5. The molecule has 0 radical (unpaired) electrons. The van der Waals surface area contributed by atoms with Crippen LogP contribution in [0.25, 0.3) is 17.2 Å². The molecule has 3 rings (SSSR count). The minimum Gasteiger partial charge on any atom is -0.266 e. The highest BCUT2D eigenvalue weighted by atomic mass is 32.2. The van der Waals surface area contributed by atoms with E-state index in [0.29, 0.717) is 16.4 Å². The van der Waals surface area contributed by atoms with Crippen LogP contribution >= 0.6 is 11.8 Å². The molecule has 1 aromatic heterocycles. The molecule has 1 fully saturated rings. The first kappa shape index (κ1) is 20.0. The maximum Gasteiger partial charge on any atom is 0.264 e. The Kier molecular flexibility index (Phi) is 6.29. The molecule has 1 heterocycles. The predicted octanol–water partition coefficient (Wildman–Crippen LogP) is 4.66. The average Bonchev–Trinajstić information content (AvgIpc) is 2.56. The second-order valence-electron chi connectivity index (χ2n) is 6.27. The highest BCUT2D eigenvalue weighted by Gasteiger charge is 2.21. The van der Waals surface area contributed by atoms with Gasteiger partial charge in [-0.3, -0.25) is 4.18 Å². The number of aromatic nitrogens is 1. The van der Waals surface area contributed by atoms with Gasteiger partial charge < -0.3 is 0 Å². The molecular formula is C19H19F2NO3S2. The van der Waals surface area contributed by atoms with Crippen LogP contribution in [0.15, 0.2) is 41.6 Å². The van der Waals surface area contributed by atoms with Crippen LogP contribution in [-0.2, 0) is 14.3 Å². The van der Waals surface area contributed by atoms with Crippen LogP contribution in [0.4, 0.5) is 8.78 Å². The molecule has 0 aliphatic heterocycles. The van der Waals surface area contributed by atoms with Gasteiger partial charge in [0, 0.05) is 22.6 Å². The number of thioether (sulfide) groups is 1. The van der Waals surface area contributed by atoms with Crippen LogP contribution in [0.3, 0.4) is 0 Å². The third kappa shape index (κ3) is 5.37. The Morgan fingerprint density at radius 2 is 2.00 bits per heavy atom. The lowest BCUT2D eigenvalue weighted by molar-refractivity contribution is 0.362. The summed E-state index contributed by atoms with van der Waals surface area (Å²) in [6.07, 6.45) is 8.47. The number of rotatable bonds is 7. The van der Waals surface area contributed by atoms with Gasteiger partial charge in [0.05, 0.1) is 12.9 Å². The first-order valence-electron chi connectivity index (χ1n) is 8.45. The van der Waals surface area contributed by atoms with Crippen LogP contribution in [0.2, 0.25) is 0 Å². The van der Waals surface area contributed by atoms with Gasteiger partial charge in [-0.15, -0.1) is 11.8 Å². The molecule has 0 unspecified atom stereocenters. The van der Waals surface area contributed by atoms with E-state index in [2.05, 4.69) is 9.17 Å². The Morgan fingerprint density at radius 3 is 2.59 bits per heavy atom. The van der Waals surface area contributed by atoms with Crippen molar-refractivity contribution in [2.45, 2.75) is 29.5 Å². The third-order valence-electron chi connectivity index (χ3n) is 4.15. The first-order chi connectivity index (χ1) is 12.8. The zero-order valence-corrected chi connectivity index (χ0v) is 16.3. The molecule has 1 aromatic carbocycles. The molecule has 0 saturated heterocycles. The lowest BCUT2D eigenvalue weighted by atomic mass is 10.00. The largest absolute Gasteiger partial charge is 0.266 e. The van der Waals surface area contributed by atoms with Crippen LogP contribution in [0, 0.1) is 11.6 Å². The molecule has 27 heavy (non-hydrogen) atoms. The van der Waals surface area contributed by atoms with Gasteiger partial charge in [-0.25, -0.2) is 13.8 Å². The van der Waals surface area contributed by atoms with E-state index in [1.807, 2.05) is 0 Å². The third-order valence-corrected chi connectivity index (χ3v) is 6.07. The van der Waals surface area contributed by atoms with E-state index in [0.717, 1.165) is 24.1 Å². The Bertz CT molecular complexity index is 934. The number of pyridine rings is 1. The van der Waals surface area contributed by atoms with E-state index in [1.165, 1.54) is 30.7 Å². The van der Waals surface area contributed by atoms with Gasteiger partial charge in [-0.05, 0) is 36.6 Å². The average molecular weight is 411 g/mol. The molecule has 1 saturated carbocycles. The molecule has 0 bridgehead atoms. The minimum atomic E-state index is -3.60. The molecule has 0 amide bonds. The van der Waals surface area contributed by atoms with E-state index in [9.17, 15) is 17.2 Å². The number of benzene rings is 1. The molecule has 8 heteroatoms. The molecule has 2 aromatic rings. The summed E-state index contributed by atoms with van der Waals surface area (Å²) in [5, 5.41) is 1.27. The van der Waals surface area contributed by atoms with E-state index in [4.69, 9.17) is 0 Å². The molecule has 0 spiro atoms. The van der Waals surface area contributed by atoms with E-state index >= 15 is 0 Å². The lowest BCUT2D eigenvalue weighted by Gasteiger charge is -2.25. The number of hydrogen-bond donors (Lipinski definition) is 0. The van der Waals surface area contributed by atoms with Gasteiger partial charge in [0.2, 0.25) is 0 Å². The van der Waals surface area contributed by atoms with Gasteiger partial charge >= 0.3 is 0 Å². The Hall–Kier alpha value is -1.77. The summed E-state index contributed by atoms with van der Waals surface area (Å²) < 4.78 is 55.2. The van der Waals surface area contributed by atoms with E-state index in [-0.39, 0.29) is 12.2 Å². The molecule has 1 aliphatic rings. The minimum absolute atomic E-state index is 0.243. The molecule has 0 N–H and O–H groups in total. The van der Waals surface area contributed by atoms with Crippen molar-refractivity contribution in [3.8, 4) is 11.1 Å². The number of hydrogen-bond acceptors (Lipinski definition) is 5. The Balaban J connectivity index is 1.83. The van der Waals surface area contributed by atoms with Crippen molar-refractivity contribution in [1.82, 2.24) is 4.98 Å². The summed E-state index contributed by atoms with van der Waals surface area (Å²) in [5.74, 6) is -1.46. The van der Waals surface area contributed by atoms with Crippen LogP contribution in [-0.4, -0.2) is 31.5 Å². The normalized spacial score (nSPS) is 15.2. The van der Waals surface area contributed by atoms with E-state index in [1.54, 1.807) is 30.1 Å². The second-order valence-corrected chi connectivity index (χ2v) is 9.20. The van der Waals surface area contributed by atoms with Gasteiger partial charge in [0.15, 0.2) is 0 Å². The summed E-state index contributed by atoms with van der Waals surface area (Å²) in [7, 11) is -3.60. The Morgan fingerprint density at radius 1 is 1.30 bits per heavy atom. The van der Waals surface area contributed by atoms with Crippen molar-refractivity contribution in [3.63, 3.8) is 0 Å². The van der Waals surface area contributed by atoms with Crippen molar-refractivity contribution >= 4 is 28.0 Å². The van der Waals surface area contributed by atoms with Crippen LogP contribution in [0.1, 0.15) is 24.8 Å². The van der Waals surface area contributed by atoms with Crippen LogP contribution in [0.5, 0.6) is 0 Å². The van der Waals surface area contributed by atoms with Gasteiger partial charge in [0.25, 0.3) is 10.1 Å². The predicted molar refractivity (Wildman–Crippen MR) is 103 cm³/mol. The Labute approximate surface area is 161 Å². The molecule has 0 atom stereocenters. The van der Waals surface area contributed by atoms with Crippen molar-refractivity contribution in [2.75, 3.05) is 12.9 Å². The summed E-state index contributed by atoms with van der Waals surface area (Å²) in [6.45, 7) is -0.287. The summed E-state index contributed by atoms with van der Waals surface area (Å²) in [6, 6.07) is 6.08. The number of halogens is 2. The van der Waals surface area contributed by atoms with Crippen molar-refractivity contribution < 1.29 is 21.4 Å². The van der Waals surface area contributed by atoms with E-state index < -0.39 is 21.8 Å². The maximum atomic E-state index is 14.5. The van der Waals surface area contributed by atoms with Gasteiger partial charge in [-0.2, -0.15) is 8.42 Å². The molecular weight excluding hydrogens is 392 g/mol. The molecule has 1 aliphatic carbocycles. The van der Waals surface area contributed by atoms with Gasteiger partial charge in [-0.1, -0.05) is 24.6 Å². The summed E-state index contributed by atoms with van der Waals surface area (Å²) in [5.41, 5.74) is 0.875. The van der Waals surface area contributed by atoms with Crippen molar-refractivity contribution in [1.29, 1.82) is 0 Å².